The molecule has 0 atom stereocenters. The van der Waals surface area contributed by atoms with Crippen molar-refractivity contribution in [3.05, 3.63) is 53.1 Å². The van der Waals surface area contributed by atoms with E-state index >= 15 is 0 Å². The maximum atomic E-state index is 4.63. The van der Waals surface area contributed by atoms with Crippen LogP contribution >= 0.6 is 0 Å². The molecule has 1 aliphatic heterocycles. The second-order valence-corrected chi connectivity index (χ2v) is 7.12. The van der Waals surface area contributed by atoms with Gasteiger partial charge in [0.05, 0.1) is 5.52 Å². The molecule has 26 heavy (non-hydrogen) atoms. The number of anilines is 2. The van der Waals surface area contributed by atoms with Gasteiger partial charge in [-0.3, -0.25) is 4.98 Å². The highest BCUT2D eigenvalue weighted by atomic mass is 15.3. The van der Waals surface area contributed by atoms with Crippen molar-refractivity contribution in [2.75, 3.05) is 36.0 Å². The van der Waals surface area contributed by atoms with Gasteiger partial charge in [0, 0.05) is 54.7 Å². The van der Waals surface area contributed by atoms with Crippen LogP contribution in [0.1, 0.15) is 22.4 Å². The van der Waals surface area contributed by atoms with Crippen molar-refractivity contribution in [2.45, 2.75) is 27.7 Å². The van der Waals surface area contributed by atoms with Crippen molar-refractivity contribution >= 4 is 22.4 Å². The molecule has 4 rings (SSSR count). The molecule has 0 unspecified atom stereocenters. The number of fused-ring (bicyclic) bond motifs is 1. The Kier molecular flexibility index (Phi) is 4.23. The minimum Gasteiger partial charge on any atom is -0.367 e. The summed E-state index contributed by atoms with van der Waals surface area (Å²) in [5.41, 5.74) is 7.21. The normalized spacial score (nSPS) is 14.9. The van der Waals surface area contributed by atoms with Crippen molar-refractivity contribution in [1.29, 1.82) is 0 Å². The molecule has 1 saturated heterocycles. The summed E-state index contributed by atoms with van der Waals surface area (Å²) < 4.78 is 0. The van der Waals surface area contributed by atoms with Crippen LogP contribution < -0.4 is 9.80 Å². The lowest BCUT2D eigenvalue weighted by atomic mass is 10.0. The van der Waals surface area contributed by atoms with E-state index in [1.807, 2.05) is 13.1 Å². The molecule has 1 fully saturated rings. The van der Waals surface area contributed by atoms with Gasteiger partial charge in [0.25, 0.3) is 0 Å². The van der Waals surface area contributed by atoms with Crippen LogP contribution in [0.25, 0.3) is 10.9 Å². The van der Waals surface area contributed by atoms with Gasteiger partial charge in [-0.15, -0.1) is 0 Å². The summed E-state index contributed by atoms with van der Waals surface area (Å²) in [6.45, 7) is 12.4. The average Bonchev–Trinajstić information content (AvgIpc) is 2.67. The highest BCUT2D eigenvalue weighted by Gasteiger charge is 2.21. The number of aryl methyl sites for hydroxylation is 3. The van der Waals surface area contributed by atoms with Crippen LogP contribution in [0.3, 0.4) is 0 Å². The molecule has 0 saturated carbocycles. The van der Waals surface area contributed by atoms with Crippen LogP contribution in [0.4, 0.5) is 11.5 Å². The molecule has 3 heterocycles. The van der Waals surface area contributed by atoms with E-state index in [1.54, 1.807) is 6.33 Å². The first-order valence-electron chi connectivity index (χ1n) is 9.19. The number of aromatic nitrogens is 3. The number of hydrogen-bond donors (Lipinski definition) is 0. The summed E-state index contributed by atoms with van der Waals surface area (Å²) in [6.07, 6.45) is 3.61. The Morgan fingerprint density at radius 3 is 2.27 bits per heavy atom. The fourth-order valence-corrected chi connectivity index (χ4v) is 3.73. The summed E-state index contributed by atoms with van der Waals surface area (Å²) >= 11 is 0. The van der Waals surface area contributed by atoms with Gasteiger partial charge in [0.1, 0.15) is 12.1 Å². The third-order valence-corrected chi connectivity index (χ3v) is 5.64. The summed E-state index contributed by atoms with van der Waals surface area (Å²) in [5.74, 6) is 1.07. The Labute approximate surface area is 154 Å². The Balaban J connectivity index is 1.60. The minimum atomic E-state index is 0.964. The SMILES string of the molecule is Cc1ccc2c(N3CCN(c4ncnc(C)c4C)CC3)ccnc2c1C. The maximum absolute atomic E-state index is 4.63. The van der Waals surface area contributed by atoms with Gasteiger partial charge < -0.3 is 9.80 Å². The van der Waals surface area contributed by atoms with Crippen molar-refractivity contribution in [2.24, 2.45) is 0 Å². The Morgan fingerprint density at radius 2 is 1.50 bits per heavy atom. The molecule has 5 nitrogen and oxygen atoms in total. The molecule has 134 valence electrons. The first-order chi connectivity index (χ1) is 12.6. The molecule has 0 aliphatic carbocycles. The number of piperazine rings is 1. The highest BCUT2D eigenvalue weighted by Crippen LogP contribution is 2.30. The van der Waals surface area contributed by atoms with E-state index in [0.717, 1.165) is 43.2 Å². The summed E-state index contributed by atoms with van der Waals surface area (Å²) in [5, 5.41) is 1.25. The Hall–Kier alpha value is -2.69. The first-order valence-corrected chi connectivity index (χ1v) is 9.19. The van der Waals surface area contributed by atoms with Crippen LogP contribution in [-0.2, 0) is 0 Å². The first kappa shape index (κ1) is 16.8. The van der Waals surface area contributed by atoms with Gasteiger partial charge in [-0.2, -0.15) is 0 Å². The molecule has 0 radical (unpaired) electrons. The van der Waals surface area contributed by atoms with Gasteiger partial charge in [-0.05, 0) is 44.9 Å². The van der Waals surface area contributed by atoms with Crippen LogP contribution in [0.2, 0.25) is 0 Å². The highest BCUT2D eigenvalue weighted by molar-refractivity contribution is 5.94. The predicted octanol–water partition coefficient (Wildman–Crippen LogP) is 3.59. The third kappa shape index (κ3) is 2.77. The largest absolute Gasteiger partial charge is 0.367 e. The fraction of sp³-hybridized carbons (Fsp3) is 0.381. The van der Waals surface area contributed by atoms with Crippen LogP contribution in [0.15, 0.2) is 30.7 Å². The van der Waals surface area contributed by atoms with E-state index in [2.05, 4.69) is 63.7 Å². The lowest BCUT2D eigenvalue weighted by Gasteiger charge is -2.37. The van der Waals surface area contributed by atoms with Crippen molar-refractivity contribution < 1.29 is 0 Å². The van der Waals surface area contributed by atoms with Gasteiger partial charge in [-0.25, -0.2) is 9.97 Å². The molecule has 1 aliphatic rings. The van der Waals surface area contributed by atoms with E-state index in [9.17, 15) is 0 Å². The number of rotatable bonds is 2. The zero-order chi connectivity index (χ0) is 18.3. The standard InChI is InChI=1S/C21H25N5/c1-14-5-6-18-19(7-8-22-20(18)15(14)2)25-9-11-26(12-10-25)21-16(3)17(4)23-13-24-21/h5-8,13H,9-12H2,1-4H3. The maximum Gasteiger partial charge on any atom is 0.135 e. The molecule has 0 amide bonds. The second kappa shape index (κ2) is 6.56. The monoisotopic (exact) mass is 347 g/mol. The molecule has 1 aromatic carbocycles. The number of nitrogens with zero attached hydrogens (tertiary/aromatic N) is 5. The lowest BCUT2D eigenvalue weighted by Crippen LogP contribution is -2.47. The summed E-state index contributed by atoms with van der Waals surface area (Å²) in [4.78, 5) is 18.3. The van der Waals surface area contributed by atoms with E-state index in [-0.39, 0.29) is 0 Å². The molecule has 0 bridgehead atoms. The zero-order valence-electron chi connectivity index (χ0n) is 16.0. The Bertz CT molecular complexity index is 958. The Morgan fingerprint density at radius 1 is 0.769 bits per heavy atom. The molecule has 3 aromatic rings. The van der Waals surface area contributed by atoms with Crippen molar-refractivity contribution in [1.82, 2.24) is 15.0 Å². The van der Waals surface area contributed by atoms with Crippen molar-refractivity contribution in [3.63, 3.8) is 0 Å². The van der Waals surface area contributed by atoms with E-state index in [0.29, 0.717) is 0 Å². The number of benzene rings is 1. The van der Waals surface area contributed by atoms with E-state index < -0.39 is 0 Å². The van der Waals surface area contributed by atoms with Gasteiger partial charge in [0.15, 0.2) is 0 Å². The zero-order valence-corrected chi connectivity index (χ0v) is 16.0. The van der Waals surface area contributed by atoms with Gasteiger partial charge in [0.2, 0.25) is 0 Å². The minimum absolute atomic E-state index is 0.964. The second-order valence-electron chi connectivity index (χ2n) is 7.12. The molecular weight excluding hydrogens is 322 g/mol. The van der Waals surface area contributed by atoms with Gasteiger partial charge >= 0.3 is 0 Å². The average molecular weight is 347 g/mol. The summed E-state index contributed by atoms with van der Waals surface area (Å²) in [7, 11) is 0. The summed E-state index contributed by atoms with van der Waals surface area (Å²) in [6, 6.07) is 6.56. The predicted molar refractivity (Wildman–Crippen MR) is 107 cm³/mol. The van der Waals surface area contributed by atoms with E-state index in [1.165, 1.54) is 27.8 Å². The van der Waals surface area contributed by atoms with Crippen molar-refractivity contribution in [3.8, 4) is 0 Å². The van der Waals surface area contributed by atoms with Gasteiger partial charge in [-0.1, -0.05) is 12.1 Å². The third-order valence-electron chi connectivity index (χ3n) is 5.64. The van der Waals surface area contributed by atoms with E-state index in [4.69, 9.17) is 0 Å². The number of pyridine rings is 1. The van der Waals surface area contributed by atoms with Crippen LogP contribution in [0.5, 0.6) is 0 Å². The molecule has 2 aromatic heterocycles. The lowest BCUT2D eigenvalue weighted by molar-refractivity contribution is 0.646. The molecule has 0 spiro atoms. The van der Waals surface area contributed by atoms with Crippen LogP contribution in [0, 0.1) is 27.7 Å². The topological polar surface area (TPSA) is 45.2 Å². The molecule has 5 heteroatoms. The quantitative estimate of drug-likeness (QED) is 0.709. The van der Waals surface area contributed by atoms with Crippen LogP contribution in [-0.4, -0.2) is 41.1 Å². The fourth-order valence-electron chi connectivity index (χ4n) is 3.73. The smallest absolute Gasteiger partial charge is 0.135 e. The molecule has 0 N–H and O–H groups in total. The molecular formula is C21H25N5. The number of hydrogen-bond acceptors (Lipinski definition) is 5.